The fraction of sp³-hybridized carbons (Fsp3) is 0.235. The van der Waals surface area contributed by atoms with Gasteiger partial charge >= 0.3 is 5.97 Å². The summed E-state index contributed by atoms with van der Waals surface area (Å²) in [6.45, 7) is 4.20. The van der Waals surface area contributed by atoms with E-state index in [0.717, 1.165) is 12.1 Å². The minimum absolute atomic E-state index is 0.130. The Kier molecular flexibility index (Phi) is 4.41. The molecule has 0 radical (unpaired) electrons. The summed E-state index contributed by atoms with van der Waals surface area (Å²) in [4.78, 5) is 11.0. The molecule has 20 heavy (non-hydrogen) atoms. The van der Waals surface area contributed by atoms with E-state index < -0.39 is 5.97 Å². The number of nitrogens with one attached hydrogen (secondary N) is 1. The predicted octanol–water partition coefficient (Wildman–Crippen LogP) is 4.12. The fourth-order valence-corrected chi connectivity index (χ4v) is 2.12. The minimum Gasteiger partial charge on any atom is -0.478 e. The first-order valence-corrected chi connectivity index (χ1v) is 6.79. The highest BCUT2D eigenvalue weighted by Crippen LogP contribution is 2.20. The number of rotatable bonds is 5. The molecule has 3 heteroatoms. The first kappa shape index (κ1) is 14.1. The van der Waals surface area contributed by atoms with Crippen LogP contribution in [-0.4, -0.2) is 11.1 Å². The van der Waals surface area contributed by atoms with Gasteiger partial charge in [-0.15, -0.1) is 0 Å². The molecule has 0 spiro atoms. The molecule has 104 valence electrons. The molecule has 0 heterocycles. The maximum absolute atomic E-state index is 11.0. The van der Waals surface area contributed by atoms with E-state index in [0.29, 0.717) is 5.56 Å². The van der Waals surface area contributed by atoms with Crippen LogP contribution < -0.4 is 5.32 Å². The van der Waals surface area contributed by atoms with Gasteiger partial charge < -0.3 is 10.4 Å². The highest BCUT2D eigenvalue weighted by molar-refractivity contribution is 5.88. The van der Waals surface area contributed by atoms with Crippen molar-refractivity contribution >= 4 is 11.7 Å². The standard InChI is InChI=1S/C17H19NO2/c1-3-13-7-9-14(10-8-13)12(2)18-16-6-4-5-15(11-16)17(19)20/h4-12,18H,3H2,1-2H3,(H,19,20). The van der Waals surface area contributed by atoms with E-state index in [4.69, 9.17) is 5.11 Å². The topological polar surface area (TPSA) is 49.3 Å². The Labute approximate surface area is 119 Å². The van der Waals surface area contributed by atoms with E-state index in [1.54, 1.807) is 18.2 Å². The summed E-state index contributed by atoms with van der Waals surface area (Å²) in [7, 11) is 0. The zero-order valence-electron chi connectivity index (χ0n) is 11.8. The van der Waals surface area contributed by atoms with Crippen LogP contribution in [0.3, 0.4) is 0 Å². The normalized spacial score (nSPS) is 11.9. The summed E-state index contributed by atoms with van der Waals surface area (Å²) in [5, 5.41) is 12.3. The van der Waals surface area contributed by atoms with Gasteiger partial charge in [-0.2, -0.15) is 0 Å². The highest BCUT2D eigenvalue weighted by Gasteiger charge is 2.07. The van der Waals surface area contributed by atoms with Crippen LogP contribution in [0.2, 0.25) is 0 Å². The Morgan fingerprint density at radius 2 is 1.90 bits per heavy atom. The van der Waals surface area contributed by atoms with Crippen LogP contribution >= 0.6 is 0 Å². The second kappa shape index (κ2) is 6.24. The molecule has 1 atom stereocenters. The summed E-state index contributed by atoms with van der Waals surface area (Å²) in [5.74, 6) is -0.909. The summed E-state index contributed by atoms with van der Waals surface area (Å²) < 4.78 is 0. The van der Waals surface area contributed by atoms with Crippen LogP contribution in [0.4, 0.5) is 5.69 Å². The van der Waals surface area contributed by atoms with Gasteiger partial charge in [0, 0.05) is 11.7 Å². The van der Waals surface area contributed by atoms with Crippen molar-refractivity contribution in [1.82, 2.24) is 0 Å². The van der Waals surface area contributed by atoms with E-state index in [1.165, 1.54) is 11.1 Å². The average molecular weight is 269 g/mol. The quantitative estimate of drug-likeness (QED) is 0.858. The third kappa shape index (κ3) is 3.38. The molecule has 1 unspecified atom stereocenters. The number of carboxylic acid groups (broad SMARTS) is 1. The maximum Gasteiger partial charge on any atom is 0.335 e. The van der Waals surface area contributed by atoms with Crippen molar-refractivity contribution < 1.29 is 9.90 Å². The van der Waals surface area contributed by atoms with Crippen LogP contribution in [0.15, 0.2) is 48.5 Å². The van der Waals surface area contributed by atoms with Crippen molar-refractivity contribution in [2.45, 2.75) is 26.3 Å². The highest BCUT2D eigenvalue weighted by atomic mass is 16.4. The smallest absolute Gasteiger partial charge is 0.335 e. The first-order valence-electron chi connectivity index (χ1n) is 6.79. The van der Waals surface area contributed by atoms with E-state index in [9.17, 15) is 4.79 Å². The third-order valence-corrected chi connectivity index (χ3v) is 3.38. The summed E-state index contributed by atoms with van der Waals surface area (Å²) >= 11 is 0. The molecule has 2 aromatic rings. The van der Waals surface area contributed by atoms with Gasteiger partial charge in [-0.25, -0.2) is 4.79 Å². The lowest BCUT2D eigenvalue weighted by Gasteiger charge is -2.16. The summed E-state index contributed by atoms with van der Waals surface area (Å²) in [6.07, 6.45) is 1.03. The number of hydrogen-bond acceptors (Lipinski definition) is 2. The molecule has 0 bridgehead atoms. The third-order valence-electron chi connectivity index (χ3n) is 3.38. The molecule has 0 aliphatic rings. The Balaban J connectivity index is 2.12. The maximum atomic E-state index is 11.0. The number of aryl methyl sites for hydroxylation is 1. The van der Waals surface area contributed by atoms with Crippen molar-refractivity contribution in [2.75, 3.05) is 5.32 Å². The Morgan fingerprint density at radius 1 is 1.20 bits per heavy atom. The first-order chi connectivity index (χ1) is 9.60. The van der Waals surface area contributed by atoms with Crippen LogP contribution in [0.1, 0.15) is 41.4 Å². The van der Waals surface area contributed by atoms with Gasteiger partial charge in [-0.3, -0.25) is 0 Å². The molecule has 0 aliphatic heterocycles. The van der Waals surface area contributed by atoms with Crippen molar-refractivity contribution in [2.24, 2.45) is 0 Å². The molecule has 0 aromatic heterocycles. The zero-order valence-corrected chi connectivity index (χ0v) is 11.8. The van der Waals surface area contributed by atoms with E-state index in [-0.39, 0.29) is 6.04 Å². The number of benzene rings is 2. The second-order valence-electron chi connectivity index (χ2n) is 4.85. The number of carbonyl (C=O) groups is 1. The van der Waals surface area contributed by atoms with Gasteiger partial charge in [0.05, 0.1) is 5.56 Å². The molecule has 2 aromatic carbocycles. The van der Waals surface area contributed by atoms with E-state index in [1.807, 2.05) is 6.07 Å². The van der Waals surface area contributed by atoms with Gasteiger partial charge in [0.1, 0.15) is 0 Å². The minimum atomic E-state index is -0.909. The van der Waals surface area contributed by atoms with E-state index in [2.05, 4.69) is 43.4 Å². The van der Waals surface area contributed by atoms with Crippen molar-refractivity contribution in [3.63, 3.8) is 0 Å². The lowest BCUT2D eigenvalue weighted by Crippen LogP contribution is -2.07. The van der Waals surface area contributed by atoms with Crippen molar-refractivity contribution in [3.8, 4) is 0 Å². The SMILES string of the molecule is CCc1ccc(C(C)Nc2cccc(C(=O)O)c2)cc1. The predicted molar refractivity (Wildman–Crippen MR) is 81.3 cm³/mol. The van der Waals surface area contributed by atoms with Gasteiger partial charge in [0.2, 0.25) is 0 Å². The van der Waals surface area contributed by atoms with Crippen LogP contribution in [0.25, 0.3) is 0 Å². The molecule has 2 N–H and O–H groups in total. The summed E-state index contributed by atoms with van der Waals surface area (Å²) in [6, 6.07) is 15.5. The van der Waals surface area contributed by atoms with Gasteiger partial charge in [0.25, 0.3) is 0 Å². The van der Waals surface area contributed by atoms with Crippen LogP contribution in [-0.2, 0) is 6.42 Å². The molecular weight excluding hydrogens is 250 g/mol. The molecule has 0 aliphatic carbocycles. The number of hydrogen-bond donors (Lipinski definition) is 2. The van der Waals surface area contributed by atoms with Gasteiger partial charge in [0.15, 0.2) is 0 Å². The molecule has 2 rings (SSSR count). The molecule has 0 saturated carbocycles. The summed E-state index contributed by atoms with van der Waals surface area (Å²) in [5.41, 5.74) is 3.61. The lowest BCUT2D eigenvalue weighted by atomic mass is 10.0. The fourth-order valence-electron chi connectivity index (χ4n) is 2.12. The monoisotopic (exact) mass is 269 g/mol. The zero-order chi connectivity index (χ0) is 14.5. The Bertz CT molecular complexity index is 590. The molecular formula is C17H19NO2. The Hall–Kier alpha value is -2.29. The Morgan fingerprint density at radius 3 is 2.50 bits per heavy atom. The number of anilines is 1. The molecule has 0 fully saturated rings. The molecule has 3 nitrogen and oxygen atoms in total. The molecule has 0 amide bonds. The second-order valence-corrected chi connectivity index (χ2v) is 4.85. The van der Waals surface area contributed by atoms with E-state index >= 15 is 0 Å². The van der Waals surface area contributed by atoms with Gasteiger partial charge in [-0.05, 0) is 42.7 Å². The average Bonchev–Trinajstić information content (AvgIpc) is 2.47. The lowest BCUT2D eigenvalue weighted by molar-refractivity contribution is 0.0697. The van der Waals surface area contributed by atoms with Crippen molar-refractivity contribution in [3.05, 3.63) is 65.2 Å². The van der Waals surface area contributed by atoms with Crippen molar-refractivity contribution in [1.29, 1.82) is 0 Å². The van der Waals surface area contributed by atoms with Gasteiger partial charge in [-0.1, -0.05) is 37.3 Å². The van der Waals surface area contributed by atoms with Crippen LogP contribution in [0.5, 0.6) is 0 Å². The molecule has 0 saturated heterocycles. The van der Waals surface area contributed by atoms with Crippen LogP contribution in [0, 0.1) is 0 Å². The number of aromatic carboxylic acids is 1. The number of carboxylic acids is 1. The largest absolute Gasteiger partial charge is 0.478 e.